The zero-order chi connectivity index (χ0) is 8.39. The van der Waals surface area contributed by atoms with Crippen molar-refractivity contribution in [2.75, 3.05) is 31.1 Å². The van der Waals surface area contributed by atoms with Crippen molar-refractivity contribution < 1.29 is 4.79 Å². The fourth-order valence-corrected chi connectivity index (χ4v) is 3.00. The Morgan fingerprint density at radius 3 is 3.17 bits per heavy atom. The Morgan fingerprint density at radius 2 is 2.50 bits per heavy atom. The van der Waals surface area contributed by atoms with Gasteiger partial charge in [0.2, 0.25) is 5.91 Å². The summed E-state index contributed by atoms with van der Waals surface area (Å²) < 4.78 is 0. The standard InChI is InChI=1S/C8H14N2OS/c11-8-5-9-2-3-10(8)7-1-4-12-6-7/h7,9H,1-6H2. The number of thioether (sulfide) groups is 1. The molecule has 0 radical (unpaired) electrons. The largest absolute Gasteiger partial charge is 0.336 e. The molecule has 1 unspecified atom stereocenters. The fourth-order valence-electron chi connectivity index (χ4n) is 1.78. The van der Waals surface area contributed by atoms with Crippen molar-refractivity contribution in [1.82, 2.24) is 10.2 Å². The Morgan fingerprint density at radius 1 is 1.58 bits per heavy atom. The van der Waals surface area contributed by atoms with Gasteiger partial charge < -0.3 is 10.2 Å². The van der Waals surface area contributed by atoms with Crippen LogP contribution >= 0.6 is 11.8 Å². The molecule has 0 aromatic carbocycles. The lowest BCUT2D eigenvalue weighted by atomic mass is 10.2. The van der Waals surface area contributed by atoms with Gasteiger partial charge >= 0.3 is 0 Å². The van der Waals surface area contributed by atoms with Gasteiger partial charge in [-0.25, -0.2) is 0 Å². The molecule has 3 nitrogen and oxygen atoms in total. The van der Waals surface area contributed by atoms with Crippen LogP contribution in [-0.2, 0) is 4.79 Å². The monoisotopic (exact) mass is 186 g/mol. The molecule has 0 saturated carbocycles. The predicted molar refractivity (Wildman–Crippen MR) is 50.3 cm³/mol. The zero-order valence-electron chi connectivity index (χ0n) is 7.08. The van der Waals surface area contributed by atoms with E-state index in [4.69, 9.17) is 0 Å². The van der Waals surface area contributed by atoms with E-state index in [0.29, 0.717) is 12.6 Å². The van der Waals surface area contributed by atoms with E-state index < -0.39 is 0 Å². The summed E-state index contributed by atoms with van der Waals surface area (Å²) in [5.41, 5.74) is 0. The Kier molecular flexibility index (Phi) is 2.56. The highest BCUT2D eigenvalue weighted by atomic mass is 32.2. The summed E-state index contributed by atoms with van der Waals surface area (Å²) in [5, 5.41) is 3.09. The summed E-state index contributed by atoms with van der Waals surface area (Å²) in [6, 6.07) is 0.532. The van der Waals surface area contributed by atoms with Gasteiger partial charge in [-0.1, -0.05) is 0 Å². The van der Waals surface area contributed by atoms with Gasteiger partial charge in [-0.15, -0.1) is 0 Å². The quantitative estimate of drug-likeness (QED) is 0.622. The average Bonchev–Trinajstić information content (AvgIpc) is 2.57. The molecule has 1 N–H and O–H groups in total. The normalized spacial score (nSPS) is 31.2. The van der Waals surface area contributed by atoms with Gasteiger partial charge in [-0.2, -0.15) is 11.8 Å². The minimum atomic E-state index is 0.286. The van der Waals surface area contributed by atoms with E-state index in [1.807, 2.05) is 11.8 Å². The van der Waals surface area contributed by atoms with Gasteiger partial charge in [0, 0.05) is 24.9 Å². The van der Waals surface area contributed by atoms with Crippen molar-refractivity contribution in [3.8, 4) is 0 Å². The second kappa shape index (κ2) is 3.66. The maximum Gasteiger partial charge on any atom is 0.236 e. The molecule has 2 heterocycles. The number of carbonyl (C=O) groups is 1. The van der Waals surface area contributed by atoms with Gasteiger partial charge in [-0.05, 0) is 12.2 Å². The zero-order valence-corrected chi connectivity index (χ0v) is 7.90. The van der Waals surface area contributed by atoms with Crippen LogP contribution in [0, 0.1) is 0 Å². The Balaban J connectivity index is 1.95. The van der Waals surface area contributed by atoms with Gasteiger partial charge in [0.1, 0.15) is 0 Å². The third-order valence-corrected chi connectivity index (χ3v) is 3.62. The molecule has 2 fully saturated rings. The minimum absolute atomic E-state index is 0.286. The molecule has 1 amide bonds. The first kappa shape index (κ1) is 8.38. The molecule has 0 bridgehead atoms. The summed E-state index contributed by atoms with van der Waals surface area (Å²) in [6.45, 7) is 2.41. The highest BCUT2D eigenvalue weighted by Gasteiger charge is 2.28. The van der Waals surface area contributed by atoms with Gasteiger partial charge in [0.05, 0.1) is 6.54 Å². The van der Waals surface area contributed by atoms with Crippen molar-refractivity contribution in [1.29, 1.82) is 0 Å². The lowest BCUT2D eigenvalue weighted by molar-refractivity contribution is -0.133. The first-order valence-electron chi connectivity index (χ1n) is 4.46. The maximum atomic E-state index is 11.4. The summed E-state index contributed by atoms with van der Waals surface area (Å²) >= 11 is 1.96. The van der Waals surface area contributed by atoms with Crippen molar-refractivity contribution in [3.63, 3.8) is 0 Å². The number of hydrogen-bond acceptors (Lipinski definition) is 3. The van der Waals surface area contributed by atoms with Crippen molar-refractivity contribution in [3.05, 3.63) is 0 Å². The van der Waals surface area contributed by atoms with E-state index >= 15 is 0 Å². The molecule has 2 rings (SSSR count). The molecule has 4 heteroatoms. The summed E-state index contributed by atoms with van der Waals surface area (Å²) in [4.78, 5) is 13.5. The number of carbonyl (C=O) groups excluding carboxylic acids is 1. The van der Waals surface area contributed by atoms with Crippen molar-refractivity contribution >= 4 is 17.7 Å². The van der Waals surface area contributed by atoms with Crippen LogP contribution in [0.3, 0.4) is 0 Å². The van der Waals surface area contributed by atoms with E-state index in [1.165, 1.54) is 12.2 Å². The SMILES string of the molecule is O=C1CNCCN1C1CCSC1. The third kappa shape index (κ3) is 1.59. The molecule has 0 aliphatic carbocycles. The molecular formula is C8H14N2OS. The summed E-state index contributed by atoms with van der Waals surface area (Å²) in [6.07, 6.45) is 1.19. The third-order valence-electron chi connectivity index (χ3n) is 2.47. The number of piperazine rings is 1. The van der Waals surface area contributed by atoms with Gasteiger partial charge in [0.25, 0.3) is 0 Å². The van der Waals surface area contributed by atoms with Crippen LogP contribution in [0.15, 0.2) is 0 Å². The molecule has 2 aliphatic rings. The van der Waals surface area contributed by atoms with Crippen LogP contribution in [0.5, 0.6) is 0 Å². The Hall–Kier alpha value is -0.220. The maximum absolute atomic E-state index is 11.4. The second-order valence-electron chi connectivity index (χ2n) is 3.28. The Labute approximate surface area is 76.9 Å². The predicted octanol–water partition coefficient (Wildman–Crippen LogP) is -0.0763. The molecule has 0 aromatic rings. The number of nitrogens with one attached hydrogen (secondary N) is 1. The van der Waals surface area contributed by atoms with Crippen LogP contribution in [0.4, 0.5) is 0 Å². The first-order chi connectivity index (χ1) is 5.88. The fraction of sp³-hybridized carbons (Fsp3) is 0.875. The van der Waals surface area contributed by atoms with Crippen LogP contribution in [-0.4, -0.2) is 48.0 Å². The van der Waals surface area contributed by atoms with Crippen LogP contribution < -0.4 is 5.32 Å². The molecular weight excluding hydrogens is 172 g/mol. The highest BCUT2D eigenvalue weighted by Crippen LogP contribution is 2.22. The molecule has 0 spiro atoms. The van der Waals surface area contributed by atoms with Crippen LogP contribution in [0.25, 0.3) is 0 Å². The van der Waals surface area contributed by atoms with E-state index in [2.05, 4.69) is 10.2 Å². The molecule has 2 saturated heterocycles. The van der Waals surface area contributed by atoms with Crippen molar-refractivity contribution in [2.45, 2.75) is 12.5 Å². The highest BCUT2D eigenvalue weighted by molar-refractivity contribution is 7.99. The summed E-state index contributed by atoms with van der Waals surface area (Å²) in [7, 11) is 0. The average molecular weight is 186 g/mol. The van der Waals surface area contributed by atoms with E-state index in [9.17, 15) is 4.79 Å². The minimum Gasteiger partial charge on any atom is -0.336 e. The molecule has 2 aliphatic heterocycles. The second-order valence-corrected chi connectivity index (χ2v) is 4.43. The van der Waals surface area contributed by atoms with Crippen LogP contribution in [0.1, 0.15) is 6.42 Å². The van der Waals surface area contributed by atoms with Gasteiger partial charge in [-0.3, -0.25) is 4.79 Å². The number of nitrogens with zero attached hydrogens (tertiary/aromatic N) is 1. The summed E-state index contributed by atoms with van der Waals surface area (Å²) in [5.74, 6) is 2.65. The van der Waals surface area contributed by atoms with E-state index in [1.54, 1.807) is 0 Å². The topological polar surface area (TPSA) is 32.3 Å². The number of hydrogen-bond donors (Lipinski definition) is 1. The van der Waals surface area contributed by atoms with Gasteiger partial charge in [0.15, 0.2) is 0 Å². The van der Waals surface area contributed by atoms with E-state index in [0.717, 1.165) is 18.8 Å². The molecule has 1 atom stereocenters. The molecule has 0 aromatic heterocycles. The molecule has 12 heavy (non-hydrogen) atoms. The van der Waals surface area contributed by atoms with Crippen molar-refractivity contribution in [2.24, 2.45) is 0 Å². The lowest BCUT2D eigenvalue weighted by Crippen LogP contribution is -2.52. The molecule has 68 valence electrons. The number of rotatable bonds is 1. The Bertz CT molecular complexity index is 180. The van der Waals surface area contributed by atoms with Crippen LogP contribution in [0.2, 0.25) is 0 Å². The smallest absolute Gasteiger partial charge is 0.236 e. The van der Waals surface area contributed by atoms with E-state index in [-0.39, 0.29) is 5.91 Å². The lowest BCUT2D eigenvalue weighted by Gasteiger charge is -2.32. The first-order valence-corrected chi connectivity index (χ1v) is 5.61. The number of amides is 1.